The molecule has 1 aliphatic rings. The molecule has 2 aromatic carbocycles. The Balaban J connectivity index is 1.62. The van der Waals surface area contributed by atoms with Gasteiger partial charge in [-0.3, -0.25) is 0 Å². The highest BCUT2D eigenvalue weighted by atomic mass is 35.5. The van der Waals surface area contributed by atoms with Gasteiger partial charge in [0.15, 0.2) is 9.84 Å². The minimum atomic E-state index is -3.42. The van der Waals surface area contributed by atoms with Crippen LogP contribution in [0.3, 0.4) is 0 Å². The number of hydrogen-bond donors (Lipinski definition) is 0. The van der Waals surface area contributed by atoms with Crippen molar-refractivity contribution in [1.82, 2.24) is 0 Å². The molecule has 0 bridgehead atoms. The van der Waals surface area contributed by atoms with Crippen molar-refractivity contribution in [3.8, 4) is 0 Å². The van der Waals surface area contributed by atoms with Crippen LogP contribution in [0.4, 0.5) is 0 Å². The highest BCUT2D eigenvalue weighted by Gasteiger charge is 2.36. The Kier molecular flexibility index (Phi) is 5.50. The third kappa shape index (κ3) is 3.94. The maximum Gasteiger partial charge on any atom is 0.182 e. The summed E-state index contributed by atoms with van der Waals surface area (Å²) in [6, 6.07) is 14.1. The van der Waals surface area contributed by atoms with Gasteiger partial charge in [0.1, 0.15) is 0 Å². The first-order chi connectivity index (χ1) is 11.5. The van der Waals surface area contributed by atoms with Crippen molar-refractivity contribution in [3.05, 3.63) is 64.1 Å². The summed E-state index contributed by atoms with van der Waals surface area (Å²) in [6.07, 6.45) is 1.78. The molecule has 0 spiro atoms. The monoisotopic (exact) mass is 384 g/mol. The lowest BCUT2D eigenvalue weighted by molar-refractivity contribution is 0.0458. The van der Waals surface area contributed by atoms with Crippen LogP contribution < -0.4 is 0 Å². The fourth-order valence-corrected chi connectivity index (χ4v) is 5.45. The Morgan fingerprint density at radius 3 is 2.42 bits per heavy atom. The zero-order valence-electron chi connectivity index (χ0n) is 13.0. The first-order valence-electron chi connectivity index (χ1n) is 7.81. The van der Waals surface area contributed by atoms with E-state index in [1.165, 1.54) is 0 Å². The summed E-state index contributed by atoms with van der Waals surface area (Å²) in [5, 5.41) is 0.529. The van der Waals surface area contributed by atoms with Gasteiger partial charge in [0.05, 0.1) is 27.9 Å². The van der Waals surface area contributed by atoms with Crippen molar-refractivity contribution >= 4 is 33.0 Å². The third-order valence-electron chi connectivity index (χ3n) is 4.32. The molecule has 128 valence electrons. The summed E-state index contributed by atoms with van der Waals surface area (Å²) >= 11 is 11.9. The number of hydrogen-bond acceptors (Lipinski definition) is 3. The summed E-state index contributed by atoms with van der Waals surface area (Å²) in [6.45, 7) is 0.459. The largest absolute Gasteiger partial charge is 0.373 e. The second-order valence-electron chi connectivity index (χ2n) is 5.97. The van der Waals surface area contributed by atoms with Crippen molar-refractivity contribution in [1.29, 1.82) is 0 Å². The molecule has 2 aromatic rings. The zero-order valence-corrected chi connectivity index (χ0v) is 15.3. The summed E-state index contributed by atoms with van der Waals surface area (Å²) in [4.78, 5) is 0.218. The Hall–Kier alpha value is -1.07. The second kappa shape index (κ2) is 7.44. The summed E-state index contributed by atoms with van der Waals surface area (Å²) in [5.41, 5.74) is 1.02. The lowest BCUT2D eigenvalue weighted by Gasteiger charge is -2.14. The summed E-state index contributed by atoms with van der Waals surface area (Å²) in [7, 11) is -3.42. The fraction of sp³-hybridized carbons (Fsp3) is 0.333. The molecular formula is C18H18Cl2O3S. The minimum Gasteiger partial charge on any atom is -0.373 e. The van der Waals surface area contributed by atoms with Crippen molar-refractivity contribution < 1.29 is 13.2 Å². The van der Waals surface area contributed by atoms with E-state index in [1.54, 1.807) is 24.3 Å². The Morgan fingerprint density at radius 2 is 1.71 bits per heavy atom. The smallest absolute Gasteiger partial charge is 0.182 e. The lowest BCUT2D eigenvalue weighted by atomic mass is 10.2. The number of rotatable bonds is 5. The molecular weight excluding hydrogens is 367 g/mol. The Labute approximate surface area is 152 Å². The number of ether oxygens (including phenoxy) is 1. The van der Waals surface area contributed by atoms with Gasteiger partial charge in [0, 0.05) is 5.02 Å². The first kappa shape index (κ1) is 17.7. The predicted molar refractivity (Wildman–Crippen MR) is 96.3 cm³/mol. The van der Waals surface area contributed by atoms with Crippen LogP contribution in [0.15, 0.2) is 53.4 Å². The molecule has 0 aromatic heterocycles. The summed E-state index contributed by atoms with van der Waals surface area (Å²) in [5.74, 6) is 0. The van der Waals surface area contributed by atoms with Gasteiger partial charge in [-0.1, -0.05) is 47.5 Å². The van der Waals surface area contributed by atoms with E-state index in [2.05, 4.69) is 0 Å². The fourth-order valence-electron chi connectivity index (χ4n) is 2.98. The molecule has 3 nitrogen and oxygen atoms in total. The standard InChI is InChI=1S/C18H18Cl2O3S/c19-14-7-5-13(6-8-14)12-23-15-9-10-16(11-15)24(21,22)18-4-2-1-3-17(18)20/h1-8,15-16H,9-12H2/t15-,16+/m0/s1. The van der Waals surface area contributed by atoms with Crippen molar-refractivity contribution in [2.75, 3.05) is 0 Å². The minimum absolute atomic E-state index is 0.0528. The van der Waals surface area contributed by atoms with Crippen LogP contribution in [0.2, 0.25) is 10.0 Å². The maximum atomic E-state index is 12.8. The van der Waals surface area contributed by atoms with Gasteiger partial charge in [-0.15, -0.1) is 0 Å². The van der Waals surface area contributed by atoms with E-state index in [0.29, 0.717) is 24.5 Å². The summed E-state index contributed by atoms with van der Waals surface area (Å²) < 4.78 is 31.4. The molecule has 0 amide bonds. The van der Waals surface area contributed by atoms with E-state index < -0.39 is 15.1 Å². The van der Waals surface area contributed by atoms with Crippen LogP contribution in [-0.4, -0.2) is 19.8 Å². The molecule has 0 saturated heterocycles. The predicted octanol–water partition coefficient (Wildman–Crippen LogP) is 4.91. The van der Waals surface area contributed by atoms with Crippen molar-refractivity contribution in [2.45, 2.75) is 42.1 Å². The first-order valence-corrected chi connectivity index (χ1v) is 10.1. The molecule has 1 saturated carbocycles. The Morgan fingerprint density at radius 1 is 1.00 bits per heavy atom. The molecule has 6 heteroatoms. The molecule has 0 N–H and O–H groups in total. The normalized spacial score (nSPS) is 21.1. The van der Waals surface area contributed by atoms with Crippen molar-refractivity contribution in [2.24, 2.45) is 0 Å². The maximum absolute atomic E-state index is 12.8. The molecule has 0 aliphatic heterocycles. The number of sulfone groups is 1. The van der Waals surface area contributed by atoms with Gasteiger partial charge >= 0.3 is 0 Å². The topological polar surface area (TPSA) is 43.4 Å². The Bertz CT molecular complexity index is 803. The van der Waals surface area contributed by atoms with Gasteiger partial charge in [-0.25, -0.2) is 8.42 Å². The average molecular weight is 385 g/mol. The van der Waals surface area contributed by atoms with Crippen LogP contribution in [0.5, 0.6) is 0 Å². The van der Waals surface area contributed by atoms with Gasteiger partial charge in [0.25, 0.3) is 0 Å². The van der Waals surface area contributed by atoms with E-state index in [4.69, 9.17) is 27.9 Å². The average Bonchev–Trinajstić information content (AvgIpc) is 3.04. The molecule has 24 heavy (non-hydrogen) atoms. The zero-order chi connectivity index (χ0) is 17.2. The molecule has 0 unspecified atom stereocenters. The van der Waals surface area contributed by atoms with Crippen LogP contribution in [-0.2, 0) is 21.2 Å². The van der Waals surface area contributed by atoms with Crippen LogP contribution in [0.1, 0.15) is 24.8 Å². The van der Waals surface area contributed by atoms with E-state index in [0.717, 1.165) is 12.0 Å². The molecule has 2 atom stereocenters. The van der Waals surface area contributed by atoms with E-state index >= 15 is 0 Å². The van der Waals surface area contributed by atoms with Gasteiger partial charge < -0.3 is 4.74 Å². The van der Waals surface area contributed by atoms with Crippen molar-refractivity contribution in [3.63, 3.8) is 0 Å². The van der Waals surface area contributed by atoms with Gasteiger partial charge in [-0.2, -0.15) is 0 Å². The molecule has 1 fully saturated rings. The molecule has 0 radical (unpaired) electrons. The molecule has 0 heterocycles. The highest BCUT2D eigenvalue weighted by Crippen LogP contribution is 2.34. The van der Waals surface area contributed by atoms with E-state index in [9.17, 15) is 8.42 Å². The van der Waals surface area contributed by atoms with Gasteiger partial charge in [-0.05, 0) is 49.1 Å². The molecule has 3 rings (SSSR count). The van der Waals surface area contributed by atoms with Crippen LogP contribution in [0, 0.1) is 0 Å². The number of benzene rings is 2. The molecule has 1 aliphatic carbocycles. The highest BCUT2D eigenvalue weighted by molar-refractivity contribution is 7.92. The number of halogens is 2. The quantitative estimate of drug-likeness (QED) is 0.735. The van der Waals surface area contributed by atoms with Crippen LogP contribution in [0.25, 0.3) is 0 Å². The van der Waals surface area contributed by atoms with E-state index in [1.807, 2.05) is 24.3 Å². The SMILES string of the molecule is O=S(=O)(c1ccccc1Cl)[C@@H]1CC[C@H](OCc2ccc(Cl)cc2)C1. The second-order valence-corrected chi connectivity index (χ2v) is 9.01. The van der Waals surface area contributed by atoms with Crippen LogP contribution >= 0.6 is 23.2 Å². The lowest BCUT2D eigenvalue weighted by Crippen LogP contribution is -2.20. The third-order valence-corrected chi connectivity index (χ3v) is 7.29. The van der Waals surface area contributed by atoms with E-state index in [-0.39, 0.29) is 16.0 Å². The van der Waals surface area contributed by atoms with Gasteiger partial charge in [0.2, 0.25) is 0 Å².